The predicted molar refractivity (Wildman–Crippen MR) is 66.7 cm³/mol. The second kappa shape index (κ2) is 5.71. The average Bonchev–Trinajstić information content (AvgIpc) is 2.39. The first-order chi connectivity index (χ1) is 8.68. The molecule has 4 nitrogen and oxygen atoms in total. The van der Waals surface area contributed by atoms with Crippen molar-refractivity contribution in [3.63, 3.8) is 0 Å². The Kier molecular flexibility index (Phi) is 4.02. The van der Waals surface area contributed by atoms with Gasteiger partial charge >= 0.3 is 0 Å². The van der Waals surface area contributed by atoms with Crippen LogP contribution in [0.2, 0.25) is 0 Å². The molecular weight excluding hydrogens is 235 g/mol. The van der Waals surface area contributed by atoms with E-state index in [-0.39, 0.29) is 24.0 Å². The Morgan fingerprint density at radius 2 is 2.06 bits per heavy atom. The van der Waals surface area contributed by atoms with Crippen LogP contribution in [0.15, 0.2) is 18.2 Å². The van der Waals surface area contributed by atoms with E-state index in [9.17, 15) is 9.18 Å². The lowest BCUT2D eigenvalue weighted by Gasteiger charge is -2.26. The fourth-order valence-electron chi connectivity index (χ4n) is 2.05. The molecule has 0 spiro atoms. The second-order valence-corrected chi connectivity index (χ2v) is 4.39. The summed E-state index contributed by atoms with van der Waals surface area (Å²) in [6, 6.07) is 4.31. The Morgan fingerprint density at radius 3 is 2.72 bits per heavy atom. The molecule has 18 heavy (non-hydrogen) atoms. The van der Waals surface area contributed by atoms with Crippen molar-refractivity contribution in [2.45, 2.75) is 19.3 Å². The molecule has 98 valence electrons. The molecule has 0 radical (unpaired) electrons. The predicted octanol–water partition coefficient (Wildman–Crippen LogP) is 1.80. The standard InChI is InChI=1S/C13H17FN2O2/c14-10-5-4-6-11(15)13(10)18-9-12(17)16-7-2-1-3-8-16/h4-6H,1-3,7-9,15H2. The van der Waals surface area contributed by atoms with Crippen LogP contribution in [0, 0.1) is 5.82 Å². The summed E-state index contributed by atoms with van der Waals surface area (Å²) in [5.41, 5.74) is 5.81. The van der Waals surface area contributed by atoms with Gasteiger partial charge in [0, 0.05) is 13.1 Å². The number of hydrogen-bond donors (Lipinski definition) is 1. The van der Waals surface area contributed by atoms with Gasteiger partial charge in [-0.1, -0.05) is 6.07 Å². The number of carbonyl (C=O) groups excluding carboxylic acids is 1. The number of ether oxygens (including phenoxy) is 1. The van der Waals surface area contributed by atoms with Crippen molar-refractivity contribution in [3.8, 4) is 5.75 Å². The van der Waals surface area contributed by atoms with Gasteiger partial charge in [0.1, 0.15) is 0 Å². The van der Waals surface area contributed by atoms with E-state index in [2.05, 4.69) is 0 Å². The van der Waals surface area contributed by atoms with Crippen molar-refractivity contribution < 1.29 is 13.9 Å². The first-order valence-electron chi connectivity index (χ1n) is 6.13. The maximum absolute atomic E-state index is 13.4. The van der Waals surface area contributed by atoms with Gasteiger partial charge in [-0.05, 0) is 31.4 Å². The minimum absolute atomic E-state index is 0.0390. The lowest BCUT2D eigenvalue weighted by molar-refractivity contribution is -0.134. The van der Waals surface area contributed by atoms with Gasteiger partial charge in [0.2, 0.25) is 0 Å². The highest BCUT2D eigenvalue weighted by Gasteiger charge is 2.18. The van der Waals surface area contributed by atoms with Crippen molar-refractivity contribution in [2.75, 3.05) is 25.4 Å². The van der Waals surface area contributed by atoms with Crippen LogP contribution in [0.3, 0.4) is 0 Å². The molecule has 0 unspecified atom stereocenters. The second-order valence-electron chi connectivity index (χ2n) is 4.39. The third-order valence-corrected chi connectivity index (χ3v) is 3.05. The summed E-state index contributed by atoms with van der Waals surface area (Å²) in [6.07, 6.45) is 3.20. The Labute approximate surface area is 106 Å². The summed E-state index contributed by atoms with van der Waals surface area (Å²) in [4.78, 5) is 13.6. The molecule has 5 heteroatoms. The Balaban J connectivity index is 1.92. The molecule has 1 aliphatic rings. The lowest BCUT2D eigenvalue weighted by atomic mass is 10.1. The molecule has 1 aromatic rings. The molecule has 0 bridgehead atoms. The number of piperidine rings is 1. The van der Waals surface area contributed by atoms with E-state index < -0.39 is 5.82 Å². The van der Waals surface area contributed by atoms with Gasteiger partial charge in [-0.3, -0.25) is 4.79 Å². The van der Waals surface area contributed by atoms with Crippen LogP contribution in [0.25, 0.3) is 0 Å². The number of nitrogens with two attached hydrogens (primary N) is 1. The maximum atomic E-state index is 13.4. The summed E-state index contributed by atoms with van der Waals surface area (Å²) in [7, 11) is 0. The number of carbonyl (C=O) groups is 1. The summed E-state index contributed by atoms with van der Waals surface area (Å²) in [5, 5.41) is 0. The van der Waals surface area contributed by atoms with Crippen LogP contribution in [0.1, 0.15) is 19.3 Å². The summed E-state index contributed by atoms with van der Waals surface area (Å²) in [5.74, 6) is -0.693. The molecular formula is C13H17FN2O2. The number of nitrogen functional groups attached to an aromatic ring is 1. The molecule has 1 fully saturated rings. The Morgan fingerprint density at radius 1 is 1.33 bits per heavy atom. The highest BCUT2D eigenvalue weighted by Crippen LogP contribution is 2.24. The molecule has 1 amide bonds. The van der Waals surface area contributed by atoms with Crippen molar-refractivity contribution >= 4 is 11.6 Å². The van der Waals surface area contributed by atoms with Crippen LogP contribution in [0.5, 0.6) is 5.75 Å². The highest BCUT2D eigenvalue weighted by atomic mass is 19.1. The molecule has 2 rings (SSSR count). The van der Waals surface area contributed by atoms with Crippen LogP contribution in [0.4, 0.5) is 10.1 Å². The number of anilines is 1. The van der Waals surface area contributed by atoms with Crippen molar-refractivity contribution in [1.82, 2.24) is 4.90 Å². The first-order valence-corrected chi connectivity index (χ1v) is 6.13. The molecule has 1 aliphatic heterocycles. The molecule has 0 atom stereocenters. The third kappa shape index (κ3) is 2.91. The maximum Gasteiger partial charge on any atom is 0.260 e. The quantitative estimate of drug-likeness (QED) is 0.834. The molecule has 1 heterocycles. The van der Waals surface area contributed by atoms with E-state index >= 15 is 0 Å². The third-order valence-electron chi connectivity index (χ3n) is 3.05. The molecule has 1 aromatic carbocycles. The monoisotopic (exact) mass is 252 g/mol. The van der Waals surface area contributed by atoms with Crippen LogP contribution >= 0.6 is 0 Å². The number of halogens is 1. The molecule has 0 aliphatic carbocycles. The molecule has 2 N–H and O–H groups in total. The number of benzene rings is 1. The van der Waals surface area contributed by atoms with E-state index in [1.54, 1.807) is 11.0 Å². The number of hydrogen-bond acceptors (Lipinski definition) is 3. The van der Waals surface area contributed by atoms with Gasteiger partial charge in [0.25, 0.3) is 5.91 Å². The number of rotatable bonds is 3. The minimum Gasteiger partial charge on any atom is -0.479 e. The fraction of sp³-hybridized carbons (Fsp3) is 0.462. The summed E-state index contributed by atoms with van der Waals surface area (Å²) < 4.78 is 18.6. The van der Waals surface area contributed by atoms with Crippen molar-refractivity contribution in [1.29, 1.82) is 0 Å². The van der Waals surface area contributed by atoms with Crippen molar-refractivity contribution in [3.05, 3.63) is 24.0 Å². The van der Waals surface area contributed by atoms with E-state index in [1.165, 1.54) is 12.1 Å². The van der Waals surface area contributed by atoms with Gasteiger partial charge in [0.15, 0.2) is 18.2 Å². The van der Waals surface area contributed by atoms with Gasteiger partial charge in [-0.15, -0.1) is 0 Å². The fourth-order valence-corrected chi connectivity index (χ4v) is 2.05. The van der Waals surface area contributed by atoms with E-state index in [4.69, 9.17) is 10.5 Å². The zero-order valence-electron chi connectivity index (χ0n) is 10.2. The van der Waals surface area contributed by atoms with E-state index in [0.29, 0.717) is 0 Å². The van der Waals surface area contributed by atoms with Gasteiger partial charge in [-0.25, -0.2) is 4.39 Å². The van der Waals surface area contributed by atoms with E-state index in [0.717, 1.165) is 32.4 Å². The number of para-hydroxylation sites is 1. The minimum atomic E-state index is -0.540. The van der Waals surface area contributed by atoms with Gasteiger partial charge in [0.05, 0.1) is 5.69 Å². The zero-order chi connectivity index (χ0) is 13.0. The topological polar surface area (TPSA) is 55.6 Å². The normalized spacial score (nSPS) is 15.5. The number of nitrogens with zero attached hydrogens (tertiary/aromatic N) is 1. The zero-order valence-corrected chi connectivity index (χ0v) is 10.2. The van der Waals surface area contributed by atoms with Gasteiger partial charge in [-0.2, -0.15) is 0 Å². The number of amides is 1. The molecule has 0 aromatic heterocycles. The molecule has 0 saturated carbocycles. The molecule has 1 saturated heterocycles. The first kappa shape index (κ1) is 12.7. The summed E-state index contributed by atoms with van der Waals surface area (Å²) >= 11 is 0. The van der Waals surface area contributed by atoms with Crippen molar-refractivity contribution in [2.24, 2.45) is 0 Å². The number of likely N-dealkylation sites (tertiary alicyclic amines) is 1. The largest absolute Gasteiger partial charge is 0.479 e. The lowest BCUT2D eigenvalue weighted by Crippen LogP contribution is -2.38. The average molecular weight is 252 g/mol. The Hall–Kier alpha value is -1.78. The highest BCUT2D eigenvalue weighted by molar-refractivity contribution is 5.78. The van der Waals surface area contributed by atoms with Gasteiger partial charge < -0.3 is 15.4 Å². The Bertz CT molecular complexity index is 411. The summed E-state index contributed by atoms with van der Waals surface area (Å²) in [6.45, 7) is 1.36. The van der Waals surface area contributed by atoms with Crippen LogP contribution < -0.4 is 10.5 Å². The van der Waals surface area contributed by atoms with E-state index in [1.807, 2.05) is 0 Å². The van der Waals surface area contributed by atoms with Crippen LogP contribution in [-0.2, 0) is 4.79 Å². The van der Waals surface area contributed by atoms with Crippen LogP contribution in [-0.4, -0.2) is 30.5 Å². The smallest absolute Gasteiger partial charge is 0.260 e. The SMILES string of the molecule is Nc1cccc(F)c1OCC(=O)N1CCCCC1.